The number of rotatable bonds is 5. The molecule has 4 heterocycles. The molecular formula is C19H22N4O4. The topological polar surface area (TPSA) is 97.6 Å². The number of nitrogens with one attached hydrogen (secondary N) is 1. The van der Waals surface area contributed by atoms with Crippen LogP contribution >= 0.6 is 0 Å². The van der Waals surface area contributed by atoms with Gasteiger partial charge in [-0.15, -0.1) is 5.10 Å². The molecule has 5 rings (SSSR count). The van der Waals surface area contributed by atoms with Crippen molar-refractivity contribution in [2.24, 2.45) is 5.92 Å². The second-order valence-corrected chi connectivity index (χ2v) is 7.17. The molecule has 142 valence electrons. The highest BCUT2D eigenvalue weighted by Gasteiger charge is 2.40. The van der Waals surface area contributed by atoms with Gasteiger partial charge in [0.25, 0.3) is 11.8 Å². The van der Waals surface area contributed by atoms with E-state index < -0.39 is 0 Å². The zero-order valence-corrected chi connectivity index (χ0v) is 15.3. The second-order valence-electron chi connectivity index (χ2n) is 7.17. The zero-order valence-electron chi connectivity index (χ0n) is 15.3. The van der Waals surface area contributed by atoms with Crippen molar-refractivity contribution in [3.63, 3.8) is 0 Å². The van der Waals surface area contributed by atoms with Crippen molar-refractivity contribution >= 4 is 11.7 Å². The van der Waals surface area contributed by atoms with Crippen molar-refractivity contribution in [1.82, 2.24) is 20.4 Å². The Morgan fingerprint density at radius 1 is 1.19 bits per heavy atom. The summed E-state index contributed by atoms with van der Waals surface area (Å²) < 4.78 is 10.5. The van der Waals surface area contributed by atoms with Crippen LogP contribution in [-0.4, -0.2) is 52.0 Å². The van der Waals surface area contributed by atoms with Crippen molar-refractivity contribution in [3.05, 3.63) is 35.7 Å². The molecule has 2 atom stereocenters. The Morgan fingerprint density at radius 3 is 2.48 bits per heavy atom. The van der Waals surface area contributed by atoms with E-state index in [2.05, 4.69) is 27.3 Å². The van der Waals surface area contributed by atoms with Gasteiger partial charge in [0, 0.05) is 24.6 Å². The van der Waals surface area contributed by atoms with Crippen LogP contribution in [-0.2, 0) is 0 Å². The number of piperidine rings is 3. The Balaban J connectivity index is 1.39. The quantitative estimate of drug-likeness (QED) is 0.806. The fraction of sp³-hybridized carbons (Fsp3) is 0.474. The third-order valence-corrected chi connectivity index (χ3v) is 5.50. The predicted octanol–water partition coefficient (Wildman–Crippen LogP) is 2.28. The van der Waals surface area contributed by atoms with E-state index in [0.29, 0.717) is 23.3 Å². The third-order valence-electron chi connectivity index (χ3n) is 5.50. The molecule has 1 amide bonds. The Kier molecular flexibility index (Phi) is 4.65. The first-order chi connectivity index (χ1) is 13.0. The molecule has 0 spiro atoms. The number of aromatic nitrogens is 2. The molecule has 3 saturated heterocycles. The molecule has 0 saturated carbocycles. The predicted molar refractivity (Wildman–Crippen MR) is 95.8 cm³/mol. The summed E-state index contributed by atoms with van der Waals surface area (Å²) >= 11 is 0. The number of hydrogen-bond acceptors (Lipinski definition) is 7. The van der Waals surface area contributed by atoms with Crippen LogP contribution in [0.5, 0.6) is 11.8 Å². The maximum atomic E-state index is 12.6. The Morgan fingerprint density at radius 2 is 1.89 bits per heavy atom. The molecular weight excluding hydrogens is 348 g/mol. The number of ketones is 1. The summed E-state index contributed by atoms with van der Waals surface area (Å²) in [7, 11) is 0. The average molecular weight is 370 g/mol. The van der Waals surface area contributed by atoms with Crippen molar-refractivity contribution < 1.29 is 18.7 Å². The SMILES string of the molecule is CC(=O)c1nnc(Oc2ccc(C(=O)NC3C4CCN(CC4)C3C)cc2)o1. The highest BCUT2D eigenvalue weighted by Crippen LogP contribution is 2.32. The highest BCUT2D eigenvalue weighted by molar-refractivity contribution is 5.94. The Labute approximate surface area is 156 Å². The van der Waals surface area contributed by atoms with Crippen molar-refractivity contribution in [3.8, 4) is 11.8 Å². The van der Waals surface area contributed by atoms with Crippen LogP contribution in [0.3, 0.4) is 0 Å². The second kappa shape index (κ2) is 7.11. The molecule has 2 unspecified atom stereocenters. The van der Waals surface area contributed by atoms with E-state index >= 15 is 0 Å². The molecule has 1 aromatic carbocycles. The number of fused-ring (bicyclic) bond motifs is 3. The maximum absolute atomic E-state index is 12.6. The van der Waals surface area contributed by atoms with E-state index in [-0.39, 0.29) is 29.7 Å². The molecule has 0 radical (unpaired) electrons. The van der Waals surface area contributed by atoms with Crippen LogP contribution in [0.25, 0.3) is 0 Å². The van der Waals surface area contributed by atoms with Gasteiger partial charge in [-0.3, -0.25) is 14.5 Å². The summed E-state index contributed by atoms with van der Waals surface area (Å²) in [6, 6.07) is 7.27. The number of carbonyl (C=O) groups is 2. The molecule has 2 bridgehead atoms. The summed E-state index contributed by atoms with van der Waals surface area (Å²) in [6.45, 7) is 5.78. The molecule has 2 aromatic rings. The number of carbonyl (C=O) groups excluding carboxylic acids is 2. The minimum Gasteiger partial charge on any atom is -0.410 e. The van der Waals surface area contributed by atoms with Gasteiger partial charge in [-0.05, 0) is 63.0 Å². The van der Waals surface area contributed by atoms with E-state index in [1.54, 1.807) is 24.3 Å². The lowest BCUT2D eigenvalue weighted by Gasteiger charge is -2.49. The molecule has 3 fully saturated rings. The Hall–Kier alpha value is -2.74. The van der Waals surface area contributed by atoms with Gasteiger partial charge < -0.3 is 14.5 Å². The van der Waals surface area contributed by atoms with Crippen LogP contribution in [0.15, 0.2) is 28.7 Å². The fourth-order valence-electron chi connectivity index (χ4n) is 3.95. The lowest BCUT2D eigenvalue weighted by molar-refractivity contribution is 0.0217. The van der Waals surface area contributed by atoms with Crippen molar-refractivity contribution in [1.29, 1.82) is 0 Å². The lowest BCUT2D eigenvalue weighted by Crippen LogP contribution is -2.62. The van der Waals surface area contributed by atoms with Crippen LogP contribution in [0.1, 0.15) is 47.7 Å². The van der Waals surface area contributed by atoms with Gasteiger partial charge in [-0.2, -0.15) is 0 Å². The molecule has 8 heteroatoms. The van der Waals surface area contributed by atoms with Crippen molar-refractivity contribution in [2.45, 2.75) is 38.8 Å². The zero-order chi connectivity index (χ0) is 19.0. The van der Waals surface area contributed by atoms with E-state index in [0.717, 1.165) is 25.9 Å². The molecule has 8 nitrogen and oxygen atoms in total. The van der Waals surface area contributed by atoms with Gasteiger partial charge in [-0.25, -0.2) is 0 Å². The summed E-state index contributed by atoms with van der Waals surface area (Å²) in [5.74, 6) is 0.494. The number of ether oxygens (including phenoxy) is 1. The lowest BCUT2D eigenvalue weighted by atomic mass is 9.79. The molecule has 3 aliphatic heterocycles. The Bertz CT molecular complexity index is 838. The number of amides is 1. The first-order valence-corrected chi connectivity index (χ1v) is 9.18. The number of Topliss-reactive ketones (excluding diaryl/α,β-unsaturated/α-hetero) is 1. The molecule has 0 aliphatic carbocycles. The largest absolute Gasteiger partial charge is 0.420 e. The molecule has 3 aliphatic rings. The van der Waals surface area contributed by atoms with Crippen LogP contribution in [0.2, 0.25) is 0 Å². The van der Waals surface area contributed by atoms with Crippen LogP contribution in [0, 0.1) is 5.92 Å². The van der Waals surface area contributed by atoms with E-state index in [1.165, 1.54) is 6.92 Å². The first kappa shape index (κ1) is 17.7. The van der Waals surface area contributed by atoms with Gasteiger partial charge >= 0.3 is 6.08 Å². The van der Waals surface area contributed by atoms with Crippen LogP contribution < -0.4 is 10.1 Å². The summed E-state index contributed by atoms with van der Waals surface area (Å²) in [5, 5.41) is 10.4. The molecule has 1 aromatic heterocycles. The monoisotopic (exact) mass is 370 g/mol. The van der Waals surface area contributed by atoms with Crippen molar-refractivity contribution in [2.75, 3.05) is 13.1 Å². The minimum absolute atomic E-state index is 0.0798. The van der Waals surface area contributed by atoms with Gasteiger partial charge in [0.2, 0.25) is 5.78 Å². The third kappa shape index (κ3) is 3.57. The highest BCUT2D eigenvalue weighted by atomic mass is 16.6. The van der Waals surface area contributed by atoms with Gasteiger partial charge in [-0.1, -0.05) is 5.10 Å². The minimum atomic E-state index is -0.327. The van der Waals surface area contributed by atoms with Gasteiger partial charge in [0.15, 0.2) is 0 Å². The smallest absolute Gasteiger partial charge is 0.410 e. The normalized spacial score (nSPS) is 26.6. The maximum Gasteiger partial charge on any atom is 0.420 e. The molecule has 27 heavy (non-hydrogen) atoms. The van der Waals surface area contributed by atoms with Gasteiger partial charge in [0.1, 0.15) is 5.75 Å². The first-order valence-electron chi connectivity index (χ1n) is 9.18. The summed E-state index contributed by atoms with van der Waals surface area (Å²) in [4.78, 5) is 26.2. The number of nitrogens with zero attached hydrogens (tertiary/aromatic N) is 3. The average Bonchev–Trinajstić information content (AvgIpc) is 3.14. The van der Waals surface area contributed by atoms with E-state index in [1.807, 2.05) is 0 Å². The summed E-state index contributed by atoms with van der Waals surface area (Å²) in [5.41, 5.74) is 0.570. The van der Waals surface area contributed by atoms with E-state index in [4.69, 9.17) is 9.15 Å². The summed E-state index contributed by atoms with van der Waals surface area (Å²) in [6.07, 6.45) is 2.18. The van der Waals surface area contributed by atoms with E-state index in [9.17, 15) is 9.59 Å². The standard InChI is InChI=1S/C19H22N4O4/c1-11-16(13-7-9-23(11)10-8-13)20-17(25)14-3-5-15(6-4-14)26-19-22-21-18(27-19)12(2)24/h3-6,11,13,16H,7-10H2,1-2H3,(H,20,25). The number of hydrogen-bond donors (Lipinski definition) is 1. The fourth-order valence-corrected chi connectivity index (χ4v) is 3.95. The van der Waals surface area contributed by atoms with Gasteiger partial charge in [0.05, 0.1) is 0 Å². The molecule has 1 N–H and O–H groups in total. The van der Waals surface area contributed by atoms with Crippen LogP contribution in [0.4, 0.5) is 0 Å². The number of benzene rings is 1.